The summed E-state index contributed by atoms with van der Waals surface area (Å²) in [5.74, 6) is 4.72. The number of amides is 4. The summed E-state index contributed by atoms with van der Waals surface area (Å²) in [4.78, 5) is 43.0. The number of rotatable bonds is 9. The van der Waals surface area contributed by atoms with Crippen LogP contribution in [0.5, 0.6) is 0 Å². The van der Waals surface area contributed by atoms with Crippen LogP contribution in [0.1, 0.15) is 56.2 Å². The molecule has 0 saturated carbocycles. The number of carbonyl (C=O) groups is 3. The molecule has 0 N–H and O–H groups in total. The summed E-state index contributed by atoms with van der Waals surface area (Å²) in [6.07, 6.45) is 8.50. The van der Waals surface area contributed by atoms with Crippen molar-refractivity contribution in [3.63, 3.8) is 0 Å². The number of unbranched alkanes of at least 4 members (excludes halogenated alkanes) is 2. The first kappa shape index (κ1) is 27.5. The van der Waals surface area contributed by atoms with Crippen molar-refractivity contribution >= 4 is 35.7 Å². The minimum atomic E-state index is -0.565. The number of anilines is 1. The van der Waals surface area contributed by atoms with Crippen LogP contribution < -0.4 is 4.90 Å². The van der Waals surface area contributed by atoms with Crippen molar-refractivity contribution < 1.29 is 14.4 Å². The smallest absolute Gasteiger partial charge is 0.333 e. The van der Waals surface area contributed by atoms with Crippen LogP contribution in [0.4, 0.5) is 10.5 Å². The van der Waals surface area contributed by atoms with E-state index in [1.54, 1.807) is 0 Å². The number of benzene rings is 2. The summed E-state index contributed by atoms with van der Waals surface area (Å²) in [5.41, 5.74) is 4.01. The van der Waals surface area contributed by atoms with Crippen LogP contribution in [-0.2, 0) is 9.59 Å². The van der Waals surface area contributed by atoms with Gasteiger partial charge in [-0.05, 0) is 48.2 Å². The minimum absolute atomic E-state index is 0.0563. The predicted octanol–water partition coefficient (Wildman–Crippen LogP) is 5.59. The zero-order chi connectivity index (χ0) is 26.8. The quantitative estimate of drug-likeness (QED) is 0.196. The normalized spacial score (nSPS) is 13.7. The predicted molar refractivity (Wildman–Crippen MR) is 150 cm³/mol. The first-order valence-corrected chi connectivity index (χ1v) is 12.8. The summed E-state index contributed by atoms with van der Waals surface area (Å²) in [6, 6.07) is 15.5. The molecule has 192 valence electrons. The number of urea groups is 1. The van der Waals surface area contributed by atoms with Gasteiger partial charge in [0.1, 0.15) is 5.57 Å². The Bertz CT molecular complexity index is 1200. The Morgan fingerprint density at radius 1 is 0.757 bits per heavy atom. The molecule has 0 radical (unpaired) electrons. The Balaban J connectivity index is 1.73. The maximum Gasteiger partial charge on any atom is 0.333 e. The van der Waals surface area contributed by atoms with E-state index in [0.717, 1.165) is 35.2 Å². The average Bonchev–Trinajstić information content (AvgIpc) is 2.90. The van der Waals surface area contributed by atoms with Crippen LogP contribution in [0, 0.1) is 11.8 Å². The standard InChI is InChI=1S/C31H35N3O3/c1-5-7-22-33-29(35)28(30(36)34(31(33)37)23-8-6-2)11-9-10-24-12-14-25(15-13-24)16-17-26-18-20-27(21-19-26)32(3)4/h11-21H,5-8,22-23H2,1-4H3/b17-16+. The molecule has 0 aliphatic carbocycles. The molecular formula is C31H35N3O3. The van der Waals surface area contributed by atoms with Gasteiger partial charge in [0.15, 0.2) is 0 Å². The lowest BCUT2D eigenvalue weighted by Gasteiger charge is -2.33. The number of nitrogens with zero attached hydrogens (tertiary/aromatic N) is 3. The van der Waals surface area contributed by atoms with Gasteiger partial charge in [0.05, 0.1) is 0 Å². The lowest BCUT2D eigenvalue weighted by molar-refractivity contribution is -0.136. The first-order chi connectivity index (χ1) is 17.8. The van der Waals surface area contributed by atoms with Gasteiger partial charge in [-0.25, -0.2) is 4.79 Å². The van der Waals surface area contributed by atoms with Crippen LogP contribution in [0.2, 0.25) is 0 Å². The summed E-state index contributed by atoms with van der Waals surface area (Å²) >= 11 is 0. The summed E-state index contributed by atoms with van der Waals surface area (Å²) in [7, 11) is 4.03. The number of hydrogen-bond acceptors (Lipinski definition) is 4. The first-order valence-electron chi connectivity index (χ1n) is 12.8. The fraction of sp³-hybridized carbons (Fsp3) is 0.323. The fourth-order valence-corrected chi connectivity index (χ4v) is 3.80. The van der Waals surface area contributed by atoms with Gasteiger partial charge in [-0.2, -0.15) is 0 Å². The Morgan fingerprint density at radius 2 is 1.24 bits per heavy atom. The second kappa shape index (κ2) is 13.3. The molecule has 6 nitrogen and oxygen atoms in total. The highest BCUT2D eigenvalue weighted by atomic mass is 16.2. The topological polar surface area (TPSA) is 60.9 Å². The van der Waals surface area contributed by atoms with Crippen molar-refractivity contribution in [3.05, 3.63) is 76.9 Å². The van der Waals surface area contributed by atoms with Crippen LogP contribution in [0.3, 0.4) is 0 Å². The van der Waals surface area contributed by atoms with Gasteiger partial charge in [0, 0.05) is 44.5 Å². The van der Waals surface area contributed by atoms with Crippen molar-refractivity contribution in [1.82, 2.24) is 9.80 Å². The van der Waals surface area contributed by atoms with Crippen molar-refractivity contribution in [3.8, 4) is 11.8 Å². The Labute approximate surface area is 220 Å². The van der Waals surface area contributed by atoms with Gasteiger partial charge < -0.3 is 4.90 Å². The summed E-state index contributed by atoms with van der Waals surface area (Å²) < 4.78 is 0. The second-order valence-electron chi connectivity index (χ2n) is 9.17. The Kier molecular flexibility index (Phi) is 9.85. The fourth-order valence-electron chi connectivity index (χ4n) is 3.80. The minimum Gasteiger partial charge on any atom is -0.378 e. The maximum atomic E-state index is 12.9. The number of carbonyl (C=O) groups excluding carboxylic acids is 3. The molecule has 0 atom stereocenters. The molecule has 1 aliphatic rings. The van der Waals surface area contributed by atoms with Crippen molar-refractivity contribution in [2.24, 2.45) is 0 Å². The summed E-state index contributed by atoms with van der Waals surface area (Å²) in [5, 5.41) is 0. The molecule has 1 aliphatic heterocycles. The van der Waals surface area contributed by atoms with E-state index in [1.807, 2.05) is 58.3 Å². The Hall–Kier alpha value is -4.11. The molecule has 3 rings (SSSR count). The lowest BCUT2D eigenvalue weighted by atomic mass is 10.1. The SMILES string of the molecule is CCCCN1C(=O)C(=CC#Cc2ccc(/C=C/c3ccc(N(C)C)cc3)cc2)C(=O)N(CCCC)C1=O. The van der Waals surface area contributed by atoms with E-state index < -0.39 is 17.8 Å². The zero-order valence-electron chi connectivity index (χ0n) is 22.2. The van der Waals surface area contributed by atoms with E-state index in [-0.39, 0.29) is 5.57 Å². The van der Waals surface area contributed by atoms with Crippen LogP contribution >= 0.6 is 0 Å². The van der Waals surface area contributed by atoms with Crippen molar-refractivity contribution in [2.45, 2.75) is 39.5 Å². The van der Waals surface area contributed by atoms with Gasteiger partial charge in [0.25, 0.3) is 11.8 Å². The lowest BCUT2D eigenvalue weighted by Crippen LogP contribution is -2.56. The molecule has 2 aromatic carbocycles. The number of barbiturate groups is 1. The molecule has 0 aromatic heterocycles. The third-order valence-corrected chi connectivity index (χ3v) is 6.10. The maximum absolute atomic E-state index is 12.9. The van der Waals surface area contributed by atoms with E-state index in [1.165, 1.54) is 15.9 Å². The number of allylic oxidation sites excluding steroid dienone is 1. The highest BCUT2D eigenvalue weighted by molar-refractivity contribution is 6.28. The zero-order valence-corrected chi connectivity index (χ0v) is 22.2. The highest BCUT2D eigenvalue weighted by Crippen LogP contribution is 2.19. The van der Waals surface area contributed by atoms with E-state index in [0.29, 0.717) is 25.9 Å². The van der Waals surface area contributed by atoms with E-state index >= 15 is 0 Å². The Morgan fingerprint density at radius 3 is 1.70 bits per heavy atom. The van der Waals surface area contributed by atoms with Gasteiger partial charge >= 0.3 is 6.03 Å². The van der Waals surface area contributed by atoms with Crippen LogP contribution in [0.25, 0.3) is 12.2 Å². The van der Waals surface area contributed by atoms with Gasteiger partial charge in [-0.1, -0.05) is 74.9 Å². The number of imide groups is 2. The van der Waals surface area contributed by atoms with E-state index in [9.17, 15) is 14.4 Å². The van der Waals surface area contributed by atoms with Gasteiger partial charge in [-0.15, -0.1) is 0 Å². The largest absolute Gasteiger partial charge is 0.378 e. The summed E-state index contributed by atoms with van der Waals surface area (Å²) in [6.45, 7) is 4.57. The third kappa shape index (κ3) is 7.20. The molecule has 37 heavy (non-hydrogen) atoms. The molecule has 0 spiro atoms. The highest BCUT2D eigenvalue weighted by Gasteiger charge is 2.41. The van der Waals surface area contributed by atoms with Crippen LogP contribution in [-0.4, -0.2) is 54.8 Å². The van der Waals surface area contributed by atoms with E-state index in [2.05, 4.69) is 47.1 Å². The molecule has 1 heterocycles. The van der Waals surface area contributed by atoms with Crippen molar-refractivity contribution in [2.75, 3.05) is 32.1 Å². The molecule has 0 bridgehead atoms. The van der Waals surface area contributed by atoms with E-state index in [4.69, 9.17) is 0 Å². The molecule has 1 saturated heterocycles. The van der Waals surface area contributed by atoms with Crippen molar-refractivity contribution in [1.29, 1.82) is 0 Å². The van der Waals surface area contributed by atoms with Gasteiger partial charge in [-0.3, -0.25) is 19.4 Å². The van der Waals surface area contributed by atoms with Gasteiger partial charge in [0.2, 0.25) is 0 Å². The molecule has 1 fully saturated rings. The molecule has 4 amide bonds. The molecule has 2 aromatic rings. The molecule has 0 unspecified atom stereocenters. The average molecular weight is 498 g/mol. The number of hydrogen-bond donors (Lipinski definition) is 0. The second-order valence-corrected chi connectivity index (χ2v) is 9.17. The third-order valence-electron chi connectivity index (χ3n) is 6.10. The van der Waals surface area contributed by atoms with Crippen LogP contribution in [0.15, 0.2) is 60.2 Å². The molecular weight excluding hydrogens is 462 g/mol. The molecule has 6 heteroatoms. The monoisotopic (exact) mass is 497 g/mol.